The topological polar surface area (TPSA) is 59.0 Å². The first kappa shape index (κ1) is 19.2. The largest absolute Gasteiger partial charge is 0.508 e. The molecule has 1 atom stereocenters. The van der Waals surface area contributed by atoms with Crippen LogP contribution in [0.3, 0.4) is 0 Å². The van der Waals surface area contributed by atoms with Gasteiger partial charge < -0.3 is 19.5 Å². The molecule has 0 amide bonds. The highest BCUT2D eigenvalue weighted by molar-refractivity contribution is 5.99. The molecule has 0 radical (unpaired) electrons. The monoisotopic (exact) mass is 413 g/mol. The van der Waals surface area contributed by atoms with Crippen LogP contribution in [0.25, 0.3) is 5.70 Å². The van der Waals surface area contributed by atoms with Crippen molar-refractivity contribution in [2.45, 2.75) is 18.4 Å². The quantitative estimate of drug-likeness (QED) is 0.565. The molecule has 2 aromatic rings. The van der Waals surface area contributed by atoms with Crippen molar-refractivity contribution in [3.63, 3.8) is 0 Å². The van der Waals surface area contributed by atoms with Crippen LogP contribution in [0.2, 0.25) is 0 Å². The Kier molecular flexibility index (Phi) is 4.12. The molecular formula is C26H23NO4. The van der Waals surface area contributed by atoms with Gasteiger partial charge in [-0.2, -0.15) is 0 Å². The van der Waals surface area contributed by atoms with E-state index in [1.165, 1.54) is 5.56 Å². The number of hydrogen-bond acceptors (Lipinski definition) is 5. The summed E-state index contributed by atoms with van der Waals surface area (Å²) in [5.41, 5.74) is 4.26. The summed E-state index contributed by atoms with van der Waals surface area (Å²) in [6, 6.07) is 8.92. The molecule has 156 valence electrons. The minimum atomic E-state index is -1.22. The van der Waals surface area contributed by atoms with E-state index in [1.807, 2.05) is 20.2 Å². The number of aromatic hydroxyl groups is 1. The number of fused-ring (bicyclic) bond motifs is 6. The van der Waals surface area contributed by atoms with Gasteiger partial charge in [-0.25, -0.2) is 4.79 Å². The van der Waals surface area contributed by atoms with Gasteiger partial charge in [0.15, 0.2) is 5.60 Å². The maximum Gasteiger partial charge on any atom is 0.339 e. The van der Waals surface area contributed by atoms with E-state index in [9.17, 15) is 9.90 Å². The third kappa shape index (κ3) is 2.53. The standard InChI is InChI=1S/C26H23NO4/c1-5-7-18-15(2)25(29)31-26(18)19-13-11-17(28)14-22(19)30-24-20(26)12-10-16-8-6-9-21(23(16)24)27(3)4/h5,7,9-14,28H,1-2,6,8H2,3-4H3/b18-7+. The lowest BCUT2D eigenvalue weighted by Crippen LogP contribution is -2.33. The van der Waals surface area contributed by atoms with Crippen LogP contribution in [0, 0.1) is 0 Å². The molecule has 5 rings (SSSR count). The summed E-state index contributed by atoms with van der Waals surface area (Å²) >= 11 is 0. The SMILES string of the molecule is C=C/C=C1\C(=C)C(=O)OC12c1ccc(O)cc1Oc1c2ccc2c1C(N(C)C)=CCC2. The Bertz CT molecular complexity index is 1230. The van der Waals surface area contributed by atoms with Crippen molar-refractivity contribution in [1.82, 2.24) is 4.90 Å². The zero-order valence-electron chi connectivity index (χ0n) is 17.6. The van der Waals surface area contributed by atoms with Crippen molar-refractivity contribution in [1.29, 1.82) is 0 Å². The van der Waals surface area contributed by atoms with E-state index in [2.05, 4.69) is 30.2 Å². The number of ether oxygens (including phenoxy) is 2. The zero-order valence-corrected chi connectivity index (χ0v) is 17.6. The number of nitrogens with zero attached hydrogens (tertiary/aromatic N) is 1. The number of carbonyl (C=O) groups excluding carboxylic acids is 1. The van der Waals surface area contributed by atoms with Gasteiger partial charge in [-0.1, -0.05) is 43.5 Å². The van der Waals surface area contributed by atoms with Crippen LogP contribution in [0.5, 0.6) is 17.2 Å². The predicted molar refractivity (Wildman–Crippen MR) is 119 cm³/mol. The molecule has 1 saturated heterocycles. The van der Waals surface area contributed by atoms with E-state index < -0.39 is 11.6 Å². The fourth-order valence-electron chi connectivity index (χ4n) is 4.82. The van der Waals surface area contributed by atoms with Crippen molar-refractivity contribution in [2.75, 3.05) is 14.1 Å². The Morgan fingerprint density at radius 2 is 1.97 bits per heavy atom. The molecule has 1 unspecified atom stereocenters. The van der Waals surface area contributed by atoms with Gasteiger partial charge in [-0.3, -0.25) is 0 Å². The smallest absolute Gasteiger partial charge is 0.339 e. The Labute approximate surface area is 181 Å². The van der Waals surface area contributed by atoms with E-state index in [0.29, 0.717) is 22.6 Å². The molecule has 0 saturated carbocycles. The molecule has 1 aliphatic carbocycles. The third-order valence-corrected chi connectivity index (χ3v) is 6.15. The second-order valence-electron chi connectivity index (χ2n) is 8.15. The lowest BCUT2D eigenvalue weighted by Gasteiger charge is -2.39. The maximum atomic E-state index is 12.8. The van der Waals surface area contributed by atoms with Crippen LogP contribution in [-0.4, -0.2) is 30.1 Å². The van der Waals surface area contributed by atoms with Crippen molar-refractivity contribution in [3.05, 3.63) is 95.1 Å². The normalized spacial score (nSPS) is 22.3. The first-order valence-electron chi connectivity index (χ1n) is 10.2. The van der Waals surface area contributed by atoms with Crippen LogP contribution in [0.1, 0.15) is 28.7 Å². The van der Waals surface area contributed by atoms with Crippen molar-refractivity contribution < 1.29 is 19.4 Å². The van der Waals surface area contributed by atoms with Crippen LogP contribution >= 0.6 is 0 Å². The molecule has 0 aromatic heterocycles. The number of aryl methyl sites for hydroxylation is 1. The van der Waals surface area contributed by atoms with Gasteiger partial charge in [0.25, 0.3) is 0 Å². The van der Waals surface area contributed by atoms with Gasteiger partial charge >= 0.3 is 5.97 Å². The summed E-state index contributed by atoms with van der Waals surface area (Å²) < 4.78 is 12.5. The molecule has 2 heterocycles. The summed E-state index contributed by atoms with van der Waals surface area (Å²) in [6.07, 6.45) is 7.42. The maximum absolute atomic E-state index is 12.8. The van der Waals surface area contributed by atoms with Gasteiger partial charge in [-0.15, -0.1) is 0 Å². The summed E-state index contributed by atoms with van der Waals surface area (Å²) in [4.78, 5) is 14.8. The fraction of sp³-hybridized carbons (Fsp3) is 0.192. The lowest BCUT2D eigenvalue weighted by molar-refractivity contribution is -0.143. The van der Waals surface area contributed by atoms with Gasteiger partial charge in [0.2, 0.25) is 0 Å². The van der Waals surface area contributed by atoms with Gasteiger partial charge in [0.1, 0.15) is 17.2 Å². The summed E-state index contributed by atoms with van der Waals surface area (Å²) in [5.74, 6) is 0.666. The number of allylic oxidation sites excluding steroid dienone is 3. The molecule has 1 spiro atoms. The highest BCUT2D eigenvalue weighted by Gasteiger charge is 2.55. The minimum absolute atomic E-state index is 0.0722. The predicted octanol–water partition coefficient (Wildman–Crippen LogP) is 4.82. The molecule has 1 fully saturated rings. The van der Waals surface area contributed by atoms with Crippen molar-refractivity contribution >= 4 is 11.7 Å². The minimum Gasteiger partial charge on any atom is -0.508 e. The third-order valence-electron chi connectivity index (χ3n) is 6.15. The van der Waals surface area contributed by atoms with Crippen LogP contribution in [0.4, 0.5) is 0 Å². The highest BCUT2D eigenvalue weighted by Crippen LogP contribution is 2.59. The lowest BCUT2D eigenvalue weighted by atomic mass is 9.74. The number of benzene rings is 2. The first-order valence-corrected chi connectivity index (χ1v) is 10.2. The molecule has 31 heavy (non-hydrogen) atoms. The number of hydrogen-bond donors (Lipinski definition) is 1. The van der Waals surface area contributed by atoms with Crippen LogP contribution in [0.15, 0.2) is 72.9 Å². The number of esters is 1. The number of rotatable bonds is 2. The Morgan fingerprint density at radius 3 is 2.71 bits per heavy atom. The molecule has 5 nitrogen and oxygen atoms in total. The molecule has 3 aliphatic rings. The molecule has 1 N–H and O–H groups in total. The van der Waals surface area contributed by atoms with Crippen molar-refractivity contribution in [3.8, 4) is 17.2 Å². The van der Waals surface area contributed by atoms with Crippen LogP contribution < -0.4 is 4.74 Å². The van der Waals surface area contributed by atoms with E-state index in [-0.39, 0.29) is 11.3 Å². The number of phenols is 1. The highest BCUT2D eigenvalue weighted by atomic mass is 16.6. The summed E-state index contributed by atoms with van der Waals surface area (Å²) in [5, 5.41) is 10.2. The number of carbonyl (C=O) groups is 1. The average molecular weight is 413 g/mol. The Balaban J connectivity index is 1.90. The Morgan fingerprint density at radius 1 is 1.19 bits per heavy atom. The number of phenolic OH excluding ortho intramolecular Hbond substituents is 1. The van der Waals surface area contributed by atoms with E-state index in [1.54, 1.807) is 30.4 Å². The van der Waals surface area contributed by atoms with Crippen molar-refractivity contribution in [2.24, 2.45) is 0 Å². The molecule has 5 heteroatoms. The molecule has 2 aromatic carbocycles. The fourth-order valence-corrected chi connectivity index (χ4v) is 4.82. The molecular weight excluding hydrogens is 390 g/mol. The summed E-state index contributed by atoms with van der Waals surface area (Å²) in [6.45, 7) is 7.80. The molecule has 0 bridgehead atoms. The average Bonchev–Trinajstić information content (AvgIpc) is 2.98. The second kappa shape index (κ2) is 6.64. The van der Waals surface area contributed by atoms with Crippen LogP contribution in [-0.2, 0) is 21.6 Å². The Hall–Kier alpha value is -3.73. The molecule has 2 aliphatic heterocycles. The second-order valence-corrected chi connectivity index (χ2v) is 8.15. The summed E-state index contributed by atoms with van der Waals surface area (Å²) in [7, 11) is 4.00. The van der Waals surface area contributed by atoms with E-state index >= 15 is 0 Å². The van der Waals surface area contributed by atoms with Gasteiger partial charge in [-0.05, 0) is 30.5 Å². The zero-order chi connectivity index (χ0) is 21.9. The van der Waals surface area contributed by atoms with Gasteiger partial charge in [0, 0.05) is 48.1 Å². The van der Waals surface area contributed by atoms with E-state index in [4.69, 9.17) is 9.47 Å². The first-order chi connectivity index (χ1) is 14.9. The van der Waals surface area contributed by atoms with E-state index in [0.717, 1.165) is 29.7 Å². The van der Waals surface area contributed by atoms with Gasteiger partial charge in [0.05, 0.1) is 5.57 Å².